The molecule has 0 saturated carbocycles. The molecule has 1 aromatic heterocycles. The van der Waals surface area contributed by atoms with E-state index < -0.39 is 18.1 Å². The normalized spacial score (nSPS) is 23.0. The fraction of sp³-hybridized carbons (Fsp3) is 0.750. The first kappa shape index (κ1) is 15.7. The number of carbonyl (C=O) groups excluding carboxylic acids is 1. The summed E-state index contributed by atoms with van der Waals surface area (Å²) in [5.74, 6) is -1.05. The van der Waals surface area contributed by atoms with E-state index in [0.717, 1.165) is 0 Å². The third-order valence-electron chi connectivity index (χ3n) is 3.65. The largest absolute Gasteiger partial charge is 0.393 e. The van der Waals surface area contributed by atoms with Crippen molar-refractivity contribution in [2.75, 3.05) is 6.54 Å². The standard InChI is InChI=1S/C12H18F3N5O/c1-2-20-7-18-19-10(20)6-17-11(21)9-4-3-8(5-16-9)12(13,14)15/h7-9,16H,2-6H2,1H3,(H,17,21). The number of hydrogen-bond acceptors (Lipinski definition) is 4. The van der Waals surface area contributed by atoms with Crippen LogP contribution < -0.4 is 10.6 Å². The molecule has 1 saturated heterocycles. The topological polar surface area (TPSA) is 71.8 Å². The molecule has 0 aliphatic carbocycles. The van der Waals surface area contributed by atoms with Crippen LogP contribution in [-0.2, 0) is 17.9 Å². The van der Waals surface area contributed by atoms with E-state index in [1.807, 2.05) is 6.92 Å². The second-order valence-corrected chi connectivity index (χ2v) is 5.03. The van der Waals surface area contributed by atoms with Gasteiger partial charge in [0, 0.05) is 13.1 Å². The lowest BCUT2D eigenvalue weighted by Crippen LogP contribution is -2.51. The highest BCUT2D eigenvalue weighted by Crippen LogP contribution is 2.31. The number of rotatable bonds is 4. The Balaban J connectivity index is 1.80. The van der Waals surface area contributed by atoms with Crippen molar-refractivity contribution in [3.63, 3.8) is 0 Å². The van der Waals surface area contributed by atoms with E-state index in [4.69, 9.17) is 0 Å². The van der Waals surface area contributed by atoms with Crippen molar-refractivity contribution >= 4 is 5.91 Å². The Hall–Kier alpha value is -1.64. The SMILES string of the molecule is CCn1cnnc1CNC(=O)C1CCC(C(F)(F)F)CN1. The van der Waals surface area contributed by atoms with Gasteiger partial charge in [-0.3, -0.25) is 4.79 Å². The molecule has 0 radical (unpaired) electrons. The maximum absolute atomic E-state index is 12.5. The highest BCUT2D eigenvalue weighted by molar-refractivity contribution is 5.81. The molecular formula is C12H18F3N5O. The van der Waals surface area contributed by atoms with Crippen LogP contribution >= 0.6 is 0 Å². The monoisotopic (exact) mass is 305 g/mol. The molecule has 9 heteroatoms. The lowest BCUT2D eigenvalue weighted by atomic mass is 9.94. The molecule has 0 spiro atoms. The summed E-state index contributed by atoms with van der Waals surface area (Å²) in [5.41, 5.74) is 0. The maximum atomic E-state index is 12.5. The maximum Gasteiger partial charge on any atom is 0.393 e. The molecule has 2 heterocycles. The number of hydrogen-bond donors (Lipinski definition) is 2. The Morgan fingerprint density at radius 2 is 2.29 bits per heavy atom. The molecule has 2 unspecified atom stereocenters. The lowest BCUT2D eigenvalue weighted by molar-refractivity contribution is -0.180. The Morgan fingerprint density at radius 3 is 2.86 bits per heavy atom. The summed E-state index contributed by atoms with van der Waals surface area (Å²) in [6, 6.07) is -0.582. The molecule has 118 valence electrons. The van der Waals surface area contributed by atoms with E-state index in [9.17, 15) is 18.0 Å². The van der Waals surface area contributed by atoms with E-state index in [2.05, 4.69) is 20.8 Å². The average molecular weight is 305 g/mol. The van der Waals surface area contributed by atoms with Crippen LogP contribution in [0.5, 0.6) is 0 Å². The fourth-order valence-electron chi connectivity index (χ4n) is 2.33. The summed E-state index contributed by atoms with van der Waals surface area (Å²) in [4.78, 5) is 11.9. The molecule has 1 aliphatic rings. The average Bonchev–Trinajstić information content (AvgIpc) is 2.91. The molecule has 6 nitrogen and oxygen atoms in total. The molecule has 2 atom stereocenters. The number of halogens is 3. The Labute approximate surface area is 120 Å². The molecule has 0 aromatic carbocycles. The number of aromatic nitrogens is 3. The Morgan fingerprint density at radius 1 is 1.52 bits per heavy atom. The highest BCUT2D eigenvalue weighted by Gasteiger charge is 2.42. The van der Waals surface area contributed by atoms with Gasteiger partial charge >= 0.3 is 6.18 Å². The number of piperidine rings is 1. The zero-order valence-electron chi connectivity index (χ0n) is 11.7. The van der Waals surface area contributed by atoms with Gasteiger partial charge in [-0.2, -0.15) is 13.2 Å². The number of nitrogens with zero attached hydrogens (tertiary/aromatic N) is 3. The van der Waals surface area contributed by atoms with E-state index in [1.54, 1.807) is 10.9 Å². The molecule has 1 aromatic rings. The van der Waals surface area contributed by atoms with Gasteiger partial charge in [0.2, 0.25) is 5.91 Å². The van der Waals surface area contributed by atoms with Gasteiger partial charge in [0.25, 0.3) is 0 Å². The first-order chi connectivity index (χ1) is 9.91. The smallest absolute Gasteiger partial charge is 0.347 e. The molecule has 2 rings (SSSR count). The molecule has 1 amide bonds. The van der Waals surface area contributed by atoms with Crippen molar-refractivity contribution < 1.29 is 18.0 Å². The summed E-state index contributed by atoms with van der Waals surface area (Å²) in [7, 11) is 0. The lowest BCUT2D eigenvalue weighted by Gasteiger charge is -2.30. The minimum atomic E-state index is -4.20. The first-order valence-corrected chi connectivity index (χ1v) is 6.86. The zero-order chi connectivity index (χ0) is 15.5. The van der Waals surface area contributed by atoms with Gasteiger partial charge in [0.15, 0.2) is 5.82 Å². The van der Waals surface area contributed by atoms with Crippen LogP contribution in [0.1, 0.15) is 25.6 Å². The van der Waals surface area contributed by atoms with Crippen LogP contribution in [-0.4, -0.2) is 39.4 Å². The number of amides is 1. The second-order valence-electron chi connectivity index (χ2n) is 5.03. The zero-order valence-corrected chi connectivity index (χ0v) is 11.7. The second kappa shape index (κ2) is 6.42. The van der Waals surface area contributed by atoms with Crippen LogP contribution in [0.4, 0.5) is 13.2 Å². The molecule has 1 aliphatic heterocycles. The van der Waals surface area contributed by atoms with E-state index in [0.29, 0.717) is 12.4 Å². The molecular weight excluding hydrogens is 287 g/mol. The highest BCUT2D eigenvalue weighted by atomic mass is 19.4. The van der Waals surface area contributed by atoms with Crippen molar-refractivity contribution in [1.82, 2.24) is 25.4 Å². The minimum Gasteiger partial charge on any atom is -0.347 e. The van der Waals surface area contributed by atoms with Crippen molar-refractivity contribution in [3.05, 3.63) is 12.2 Å². The quantitative estimate of drug-likeness (QED) is 0.865. The summed E-state index contributed by atoms with van der Waals surface area (Å²) in [6.07, 6.45) is -2.49. The predicted octanol–water partition coefficient (Wildman–Crippen LogP) is 0.845. The molecule has 1 fully saturated rings. The molecule has 21 heavy (non-hydrogen) atoms. The van der Waals surface area contributed by atoms with Gasteiger partial charge in [-0.15, -0.1) is 10.2 Å². The van der Waals surface area contributed by atoms with Gasteiger partial charge < -0.3 is 15.2 Å². The van der Waals surface area contributed by atoms with Crippen molar-refractivity contribution in [2.45, 2.75) is 45.1 Å². The number of nitrogens with one attached hydrogen (secondary N) is 2. The Bertz CT molecular complexity index is 479. The first-order valence-electron chi connectivity index (χ1n) is 6.86. The van der Waals surface area contributed by atoms with Crippen molar-refractivity contribution in [2.24, 2.45) is 5.92 Å². The van der Waals surface area contributed by atoms with Crippen LogP contribution in [0, 0.1) is 5.92 Å². The number of carbonyl (C=O) groups is 1. The fourth-order valence-corrected chi connectivity index (χ4v) is 2.33. The van der Waals surface area contributed by atoms with E-state index in [1.165, 1.54) is 0 Å². The third-order valence-corrected chi connectivity index (χ3v) is 3.65. The van der Waals surface area contributed by atoms with E-state index >= 15 is 0 Å². The predicted molar refractivity (Wildman–Crippen MR) is 68.1 cm³/mol. The van der Waals surface area contributed by atoms with Crippen molar-refractivity contribution in [3.8, 4) is 0 Å². The van der Waals surface area contributed by atoms with E-state index in [-0.39, 0.29) is 31.8 Å². The Kier molecular flexibility index (Phi) is 4.81. The summed E-state index contributed by atoms with van der Waals surface area (Å²) >= 11 is 0. The van der Waals surface area contributed by atoms with Crippen LogP contribution in [0.15, 0.2) is 6.33 Å². The summed E-state index contributed by atoms with van der Waals surface area (Å²) in [6.45, 7) is 2.61. The number of aryl methyl sites for hydroxylation is 1. The van der Waals surface area contributed by atoms with Crippen LogP contribution in [0.2, 0.25) is 0 Å². The van der Waals surface area contributed by atoms with Crippen LogP contribution in [0.25, 0.3) is 0 Å². The van der Waals surface area contributed by atoms with Crippen LogP contribution in [0.3, 0.4) is 0 Å². The number of alkyl halides is 3. The molecule has 0 bridgehead atoms. The molecule has 2 N–H and O–H groups in total. The van der Waals surface area contributed by atoms with Gasteiger partial charge in [-0.05, 0) is 19.8 Å². The summed E-state index contributed by atoms with van der Waals surface area (Å²) in [5, 5.41) is 13.0. The van der Waals surface area contributed by atoms with Crippen molar-refractivity contribution in [1.29, 1.82) is 0 Å². The third kappa shape index (κ3) is 3.93. The minimum absolute atomic E-state index is 0.0280. The van der Waals surface area contributed by atoms with Gasteiger partial charge in [-0.25, -0.2) is 0 Å². The van der Waals surface area contributed by atoms with Gasteiger partial charge in [-0.1, -0.05) is 0 Å². The van der Waals surface area contributed by atoms with Gasteiger partial charge in [0.05, 0.1) is 18.5 Å². The van der Waals surface area contributed by atoms with Gasteiger partial charge in [0.1, 0.15) is 6.33 Å². The summed E-state index contributed by atoms with van der Waals surface area (Å²) < 4.78 is 39.4.